The van der Waals surface area contributed by atoms with Gasteiger partial charge in [-0.05, 0) is 74.4 Å². The molecule has 2 heterocycles. The Morgan fingerprint density at radius 2 is 1.86 bits per heavy atom. The molecule has 5 rings (SSSR count). The lowest BCUT2D eigenvalue weighted by molar-refractivity contribution is -0.441. The standard InChI is InChI=1S/C38H50N8O4/c1-25-10-7-8-19-45(25)36(41)46-24-28(15-18-34(46)40)50-32-17-16-31(29-13-5-6-14-30(29)32)43-37(48)44-35(23-33(39)38(2,3)4)42-26-11-9-12-27(22-26)49-21-20-47/h5-6,9,11-15,18,22-25,31-32,40-41,47H,7-8,10,16-17,19-21,39H2,1-4H3,(H2,42,43,44,48)/p+1/b33-23-,40-34?,41-36?/t25-,31-,32?/m0/s1. The minimum Gasteiger partial charge on any atom is -0.491 e. The Labute approximate surface area is 294 Å². The molecule has 50 heavy (non-hydrogen) atoms. The first-order chi connectivity index (χ1) is 23.9. The second-order valence-electron chi connectivity index (χ2n) is 14.0. The number of carbonyl (C=O) groups is 1. The van der Waals surface area contributed by atoms with Crippen molar-refractivity contribution in [2.75, 3.05) is 19.8 Å². The van der Waals surface area contributed by atoms with E-state index in [1.807, 2.05) is 63.2 Å². The maximum atomic E-state index is 13.5. The first-order valence-electron chi connectivity index (χ1n) is 17.4. The van der Waals surface area contributed by atoms with Crippen LogP contribution in [0.25, 0.3) is 0 Å². The number of allylic oxidation sites excluding steroid dienone is 1. The zero-order chi connectivity index (χ0) is 35.8. The van der Waals surface area contributed by atoms with Crippen LogP contribution in [0.15, 0.2) is 83.6 Å². The van der Waals surface area contributed by atoms with Gasteiger partial charge in [-0.15, -0.1) is 4.99 Å². The summed E-state index contributed by atoms with van der Waals surface area (Å²) in [6, 6.07) is 18.2. The minimum absolute atomic E-state index is 0.0915. The molecule has 2 aliphatic rings. The fourth-order valence-corrected chi connectivity index (χ4v) is 6.27. The summed E-state index contributed by atoms with van der Waals surface area (Å²) in [4.78, 5) is 20.0. The van der Waals surface area contributed by atoms with E-state index in [1.165, 1.54) is 0 Å². The molecule has 0 spiro atoms. The van der Waals surface area contributed by atoms with Crippen LogP contribution in [-0.4, -0.2) is 58.2 Å². The van der Waals surface area contributed by atoms with Crippen LogP contribution < -0.4 is 31.3 Å². The van der Waals surface area contributed by atoms with Crippen molar-refractivity contribution in [3.8, 4) is 11.5 Å². The maximum absolute atomic E-state index is 13.5. The number of amides is 2. The molecule has 0 saturated carbocycles. The summed E-state index contributed by atoms with van der Waals surface area (Å²) in [6.45, 7) is 9.01. The van der Waals surface area contributed by atoms with Gasteiger partial charge in [0.1, 0.15) is 35.4 Å². The third-order valence-electron chi connectivity index (χ3n) is 9.17. The highest BCUT2D eigenvalue weighted by atomic mass is 16.5. The number of likely N-dealkylation sites (tertiary alicyclic amines) is 1. The van der Waals surface area contributed by atoms with Crippen LogP contribution in [0.4, 0.5) is 10.5 Å². The van der Waals surface area contributed by atoms with Crippen LogP contribution in [0.5, 0.6) is 11.5 Å². The molecule has 1 fully saturated rings. The number of benzene rings is 2. The molecule has 1 unspecified atom stereocenters. The Morgan fingerprint density at radius 3 is 2.60 bits per heavy atom. The first kappa shape index (κ1) is 36.3. The number of aromatic nitrogens is 1. The van der Waals surface area contributed by atoms with Crippen LogP contribution >= 0.6 is 0 Å². The summed E-state index contributed by atoms with van der Waals surface area (Å²) in [5, 5.41) is 31.4. The largest absolute Gasteiger partial charge is 0.491 e. The SMILES string of the molecule is C[C@H]1CCCCN1C(=N)n1cc(OC2CC[C@H](NC(=O)/N=C(\C=C(/N)C(C)(C)C)[NH2+]c3cccc(OCCO)c3)c3ccccc32)ccc1=N. The number of aliphatic hydroxyl groups excluding tert-OH is 1. The van der Waals surface area contributed by atoms with Gasteiger partial charge in [-0.2, -0.15) is 0 Å². The van der Waals surface area contributed by atoms with Gasteiger partial charge >= 0.3 is 6.03 Å². The Balaban J connectivity index is 1.34. The molecule has 0 bridgehead atoms. The molecular weight excluding hydrogens is 632 g/mol. The molecule has 0 radical (unpaired) electrons. The van der Waals surface area contributed by atoms with Gasteiger partial charge in [0.05, 0.1) is 18.8 Å². The predicted molar refractivity (Wildman–Crippen MR) is 194 cm³/mol. The Morgan fingerprint density at radius 1 is 1.08 bits per heavy atom. The molecule has 12 nitrogen and oxygen atoms in total. The van der Waals surface area contributed by atoms with Gasteiger partial charge in [0, 0.05) is 35.8 Å². The molecule has 266 valence electrons. The average Bonchev–Trinajstić information content (AvgIpc) is 3.09. The predicted octanol–water partition coefficient (Wildman–Crippen LogP) is 4.84. The van der Waals surface area contributed by atoms with E-state index in [4.69, 9.17) is 31.1 Å². The topological polar surface area (TPSA) is 179 Å². The van der Waals surface area contributed by atoms with E-state index in [0.717, 1.165) is 42.6 Å². The number of aliphatic imine (C=N–C) groups is 1. The number of nitrogens with zero attached hydrogens (tertiary/aromatic N) is 3. The molecule has 3 atom stereocenters. The van der Waals surface area contributed by atoms with Crippen LogP contribution in [0.1, 0.15) is 83.1 Å². The second kappa shape index (κ2) is 16.2. The average molecular weight is 684 g/mol. The number of aliphatic hydroxyl groups is 1. The maximum Gasteiger partial charge on any atom is 0.346 e. The fourth-order valence-electron chi connectivity index (χ4n) is 6.27. The van der Waals surface area contributed by atoms with Gasteiger partial charge in [-0.3, -0.25) is 20.7 Å². The highest BCUT2D eigenvalue weighted by Gasteiger charge is 2.30. The Bertz CT molecular complexity index is 1790. The number of ether oxygens (including phenoxy) is 2. The van der Waals surface area contributed by atoms with E-state index in [9.17, 15) is 4.79 Å². The van der Waals surface area contributed by atoms with Crippen molar-refractivity contribution in [1.82, 2.24) is 14.8 Å². The smallest absolute Gasteiger partial charge is 0.346 e. The van der Waals surface area contributed by atoms with Crippen molar-refractivity contribution in [2.24, 2.45) is 16.1 Å². The van der Waals surface area contributed by atoms with Crippen molar-refractivity contribution in [3.05, 3.63) is 95.2 Å². The summed E-state index contributed by atoms with van der Waals surface area (Å²) in [6.07, 6.45) is 7.69. The highest BCUT2D eigenvalue weighted by Crippen LogP contribution is 2.38. The monoisotopic (exact) mass is 683 g/mol. The van der Waals surface area contributed by atoms with Gasteiger partial charge in [-0.25, -0.2) is 4.79 Å². The number of urea groups is 1. The highest BCUT2D eigenvalue weighted by molar-refractivity contribution is 5.96. The summed E-state index contributed by atoms with van der Waals surface area (Å²) in [7, 11) is 0. The quantitative estimate of drug-likeness (QED) is 0.112. The van der Waals surface area contributed by atoms with Crippen LogP contribution in [0.3, 0.4) is 0 Å². The van der Waals surface area contributed by atoms with Crippen LogP contribution in [0, 0.1) is 16.2 Å². The van der Waals surface area contributed by atoms with Crippen LogP contribution in [0.2, 0.25) is 0 Å². The molecule has 3 aromatic rings. The van der Waals surface area contributed by atoms with Crippen molar-refractivity contribution >= 4 is 23.5 Å². The second-order valence-corrected chi connectivity index (χ2v) is 14.0. The molecule has 1 aliphatic carbocycles. The molecule has 2 aromatic carbocycles. The lowest BCUT2D eigenvalue weighted by Gasteiger charge is -2.36. The molecule has 1 aliphatic heterocycles. The van der Waals surface area contributed by atoms with E-state index in [0.29, 0.717) is 41.8 Å². The van der Waals surface area contributed by atoms with E-state index < -0.39 is 6.03 Å². The first-order valence-corrected chi connectivity index (χ1v) is 17.4. The lowest BCUT2D eigenvalue weighted by atomic mass is 9.85. The number of hydrogen-bond acceptors (Lipinski definition) is 7. The number of pyridine rings is 1. The van der Waals surface area contributed by atoms with Crippen molar-refractivity contribution < 1.29 is 24.7 Å². The van der Waals surface area contributed by atoms with Crippen molar-refractivity contribution in [1.29, 1.82) is 10.8 Å². The number of nitrogens with two attached hydrogens (primary N) is 2. The third kappa shape index (κ3) is 9.19. The molecule has 1 saturated heterocycles. The summed E-state index contributed by atoms with van der Waals surface area (Å²) in [5.74, 6) is 1.87. The van der Waals surface area contributed by atoms with E-state index in [1.54, 1.807) is 40.4 Å². The van der Waals surface area contributed by atoms with E-state index >= 15 is 0 Å². The van der Waals surface area contributed by atoms with Gasteiger partial charge in [0.25, 0.3) is 0 Å². The van der Waals surface area contributed by atoms with Gasteiger partial charge in [-0.1, -0.05) is 51.1 Å². The zero-order valence-corrected chi connectivity index (χ0v) is 29.5. The fraction of sp³-hybridized carbons (Fsp3) is 0.421. The summed E-state index contributed by atoms with van der Waals surface area (Å²) >= 11 is 0. The number of amidine groups is 1. The van der Waals surface area contributed by atoms with Crippen molar-refractivity contribution in [2.45, 2.75) is 78.0 Å². The number of rotatable bonds is 8. The molecule has 2 amide bonds. The molecule has 8 N–H and O–H groups in total. The third-order valence-corrected chi connectivity index (χ3v) is 9.17. The number of carbonyl (C=O) groups excluding carboxylic acids is 1. The zero-order valence-electron chi connectivity index (χ0n) is 29.5. The van der Waals surface area contributed by atoms with Crippen molar-refractivity contribution in [3.63, 3.8) is 0 Å². The van der Waals surface area contributed by atoms with E-state index in [-0.39, 0.29) is 42.3 Å². The lowest BCUT2D eigenvalue weighted by Crippen LogP contribution is -2.82. The normalized spacial score (nSPS) is 19.8. The summed E-state index contributed by atoms with van der Waals surface area (Å²) in [5.41, 5.74) is 9.59. The Hall–Kier alpha value is -4.94. The number of piperidine rings is 1. The Kier molecular flexibility index (Phi) is 11.8. The van der Waals surface area contributed by atoms with Gasteiger partial charge < -0.3 is 30.5 Å². The van der Waals surface area contributed by atoms with Gasteiger partial charge in [0.2, 0.25) is 11.8 Å². The van der Waals surface area contributed by atoms with Crippen LogP contribution in [-0.2, 0) is 0 Å². The summed E-state index contributed by atoms with van der Waals surface area (Å²) < 4.78 is 13.7. The molecular formula is C38H51N8O4+. The number of fused-ring (bicyclic) bond motifs is 1. The van der Waals surface area contributed by atoms with E-state index in [2.05, 4.69) is 22.1 Å². The molecule has 1 aromatic heterocycles. The number of hydrogen-bond donors (Lipinski definition) is 6. The minimum atomic E-state index is -0.487. The number of nitrogens with one attached hydrogen (secondary N) is 3. The number of quaternary nitrogens is 1. The molecule has 12 heteroatoms. The van der Waals surface area contributed by atoms with Gasteiger partial charge in [0.15, 0.2) is 0 Å².